The van der Waals surface area contributed by atoms with Crippen molar-refractivity contribution in [3.8, 4) is 0 Å². The SMILES string of the molecule is CCC(C)[C@H](NC(=O)[C@H](CC(=O)O)NC(=O)[C@H](CC1CC1)NC(=O)Cc1ccc(NC(=O)Nc2ccccc2C)cc1)C(=O)N1CCC[C@H]1C(N)=O. The number of nitrogens with one attached hydrogen (secondary N) is 5. The van der Waals surface area contributed by atoms with E-state index < -0.39 is 72.1 Å². The molecule has 0 spiro atoms. The van der Waals surface area contributed by atoms with E-state index in [2.05, 4.69) is 26.6 Å². The maximum atomic E-state index is 13.6. The molecule has 4 rings (SSSR count). The molecule has 1 aliphatic carbocycles. The van der Waals surface area contributed by atoms with Gasteiger partial charge < -0.3 is 42.3 Å². The van der Waals surface area contributed by atoms with Crippen molar-refractivity contribution in [2.24, 2.45) is 17.6 Å². The quantitative estimate of drug-likeness (QED) is 0.128. The number of anilines is 2. The summed E-state index contributed by atoms with van der Waals surface area (Å²) in [5, 5.41) is 23.0. The monoisotopic (exact) mass is 719 g/mol. The molecule has 15 nitrogen and oxygen atoms in total. The third-order valence-electron chi connectivity index (χ3n) is 9.54. The Morgan fingerprint density at radius 1 is 0.885 bits per heavy atom. The zero-order valence-electron chi connectivity index (χ0n) is 29.8. The van der Waals surface area contributed by atoms with Crippen molar-refractivity contribution in [3.63, 3.8) is 0 Å². The van der Waals surface area contributed by atoms with Gasteiger partial charge in [0.1, 0.15) is 24.2 Å². The van der Waals surface area contributed by atoms with Crippen LogP contribution in [0.25, 0.3) is 0 Å². The lowest BCUT2D eigenvalue weighted by Gasteiger charge is -2.32. The average Bonchev–Trinajstić information content (AvgIpc) is 3.77. The molecule has 2 fully saturated rings. The molecule has 8 N–H and O–H groups in total. The largest absolute Gasteiger partial charge is 0.481 e. The van der Waals surface area contributed by atoms with Crippen LogP contribution in [0.5, 0.6) is 0 Å². The number of carboxylic acid groups (broad SMARTS) is 1. The number of urea groups is 1. The molecule has 1 unspecified atom stereocenters. The lowest BCUT2D eigenvalue weighted by Crippen LogP contribution is -2.59. The molecule has 0 aromatic heterocycles. The molecule has 7 amide bonds. The molecule has 2 aliphatic rings. The van der Waals surface area contributed by atoms with Gasteiger partial charge in [-0.3, -0.25) is 28.8 Å². The molecule has 15 heteroatoms. The Balaban J connectivity index is 1.38. The number of amides is 7. The van der Waals surface area contributed by atoms with Crippen LogP contribution >= 0.6 is 0 Å². The van der Waals surface area contributed by atoms with Gasteiger partial charge in [0.25, 0.3) is 0 Å². The number of benzene rings is 2. The van der Waals surface area contributed by atoms with Crippen LogP contribution in [-0.2, 0) is 35.2 Å². The molecule has 0 bridgehead atoms. The highest BCUT2D eigenvalue weighted by molar-refractivity contribution is 6.00. The molecule has 1 saturated carbocycles. The molecule has 2 aromatic rings. The summed E-state index contributed by atoms with van der Waals surface area (Å²) in [7, 11) is 0. The van der Waals surface area contributed by atoms with E-state index in [1.54, 1.807) is 37.3 Å². The van der Waals surface area contributed by atoms with Gasteiger partial charge in [-0.2, -0.15) is 0 Å². The fraction of sp³-hybridized carbons (Fsp3) is 0.486. The van der Waals surface area contributed by atoms with Crippen molar-refractivity contribution >= 4 is 52.9 Å². The zero-order valence-corrected chi connectivity index (χ0v) is 29.8. The summed E-state index contributed by atoms with van der Waals surface area (Å²) in [4.78, 5) is 91.3. The normalized spacial score (nSPS) is 17.5. The van der Waals surface area contributed by atoms with Gasteiger partial charge in [-0.1, -0.05) is 63.4 Å². The van der Waals surface area contributed by atoms with Gasteiger partial charge in [-0.15, -0.1) is 0 Å². The number of hydrogen-bond donors (Lipinski definition) is 7. The summed E-state index contributed by atoms with van der Waals surface area (Å²) in [5.74, 6) is -4.75. The number of rotatable bonds is 17. The maximum Gasteiger partial charge on any atom is 0.323 e. The van der Waals surface area contributed by atoms with E-state index in [1.807, 2.05) is 32.0 Å². The van der Waals surface area contributed by atoms with Crippen molar-refractivity contribution in [1.82, 2.24) is 20.9 Å². The fourth-order valence-electron chi connectivity index (χ4n) is 6.15. The van der Waals surface area contributed by atoms with Crippen LogP contribution in [0.4, 0.5) is 16.2 Å². The number of nitrogens with zero attached hydrogens (tertiary/aromatic N) is 1. The number of nitrogens with two attached hydrogens (primary N) is 1. The summed E-state index contributed by atoms with van der Waals surface area (Å²) < 4.78 is 0. The van der Waals surface area contributed by atoms with Crippen LogP contribution in [-0.4, -0.2) is 82.3 Å². The van der Waals surface area contributed by atoms with Gasteiger partial charge in [0, 0.05) is 17.9 Å². The Hall–Kier alpha value is -5.47. The van der Waals surface area contributed by atoms with Gasteiger partial charge in [-0.25, -0.2) is 4.79 Å². The molecule has 2 aromatic carbocycles. The number of carbonyl (C=O) groups is 7. The maximum absolute atomic E-state index is 13.6. The Morgan fingerprint density at radius 2 is 1.56 bits per heavy atom. The van der Waals surface area contributed by atoms with Crippen LogP contribution < -0.4 is 32.3 Å². The summed E-state index contributed by atoms with van der Waals surface area (Å²) in [6.45, 7) is 5.75. The molecule has 1 heterocycles. The minimum atomic E-state index is -1.54. The highest BCUT2D eigenvalue weighted by Crippen LogP contribution is 2.33. The predicted octanol–water partition coefficient (Wildman–Crippen LogP) is 2.43. The number of hydrogen-bond acceptors (Lipinski definition) is 7. The Labute approximate surface area is 302 Å². The third kappa shape index (κ3) is 11.3. The summed E-state index contributed by atoms with van der Waals surface area (Å²) in [6, 6.07) is 9.12. The summed E-state index contributed by atoms with van der Waals surface area (Å²) in [5.41, 5.74) is 8.22. The van der Waals surface area contributed by atoms with E-state index in [-0.39, 0.29) is 18.3 Å². The average molecular weight is 720 g/mol. The number of aryl methyl sites for hydroxylation is 1. The molecule has 0 radical (unpaired) electrons. The minimum Gasteiger partial charge on any atom is -0.481 e. The van der Waals surface area contributed by atoms with Crippen LogP contribution in [0.3, 0.4) is 0 Å². The van der Waals surface area contributed by atoms with Gasteiger partial charge in [0.2, 0.25) is 29.5 Å². The summed E-state index contributed by atoms with van der Waals surface area (Å²) in [6.07, 6.45) is 2.66. The van der Waals surface area contributed by atoms with Crippen molar-refractivity contribution in [1.29, 1.82) is 0 Å². The van der Waals surface area contributed by atoms with E-state index in [0.29, 0.717) is 49.2 Å². The first kappa shape index (κ1) is 39.3. The van der Waals surface area contributed by atoms with Crippen molar-refractivity contribution < 1.29 is 38.7 Å². The number of carboxylic acids is 1. The highest BCUT2D eigenvalue weighted by atomic mass is 16.4. The molecule has 280 valence electrons. The van der Waals surface area contributed by atoms with E-state index >= 15 is 0 Å². The van der Waals surface area contributed by atoms with Gasteiger partial charge in [-0.05, 0) is 67.3 Å². The van der Waals surface area contributed by atoms with Crippen molar-refractivity contribution in [2.45, 2.75) is 96.3 Å². The van der Waals surface area contributed by atoms with Gasteiger partial charge in [0.05, 0.1) is 12.8 Å². The second-order valence-corrected chi connectivity index (χ2v) is 13.7. The number of carbonyl (C=O) groups excluding carboxylic acids is 6. The smallest absolute Gasteiger partial charge is 0.323 e. The van der Waals surface area contributed by atoms with E-state index in [4.69, 9.17) is 5.73 Å². The lowest BCUT2D eigenvalue weighted by atomic mass is 9.96. The van der Waals surface area contributed by atoms with Gasteiger partial charge in [0.15, 0.2) is 0 Å². The first-order chi connectivity index (χ1) is 24.7. The van der Waals surface area contributed by atoms with Crippen molar-refractivity contribution in [3.05, 3.63) is 59.7 Å². The predicted molar refractivity (Wildman–Crippen MR) is 193 cm³/mol. The van der Waals surface area contributed by atoms with Crippen LogP contribution in [0, 0.1) is 18.8 Å². The molecular weight excluding hydrogens is 670 g/mol. The third-order valence-corrected chi connectivity index (χ3v) is 9.54. The topological polar surface area (TPSA) is 229 Å². The number of para-hydroxylation sites is 1. The second kappa shape index (κ2) is 18.1. The zero-order chi connectivity index (χ0) is 37.9. The van der Waals surface area contributed by atoms with E-state index in [9.17, 15) is 38.7 Å². The van der Waals surface area contributed by atoms with Crippen LogP contribution in [0.1, 0.15) is 69.9 Å². The molecule has 1 aliphatic heterocycles. The standard InChI is InChI=1S/C37H49N7O8/c1-4-21(2)32(36(51)44-17-7-10-29(44)33(38)48)43-35(50)28(20-31(46)47)41-34(49)27(18-23-11-12-23)40-30(45)19-24-13-15-25(16-14-24)39-37(52)42-26-9-6-5-8-22(26)3/h5-6,8-9,13-16,21,23,27-29,32H,4,7,10-12,17-20H2,1-3H3,(H2,38,48)(H,40,45)(H,41,49)(H,43,50)(H,46,47)(H2,39,42,52)/t21?,27-,28-,29-,32-/m0/s1. The fourth-order valence-corrected chi connectivity index (χ4v) is 6.15. The Kier molecular flexibility index (Phi) is 13.7. The first-order valence-corrected chi connectivity index (χ1v) is 17.7. The van der Waals surface area contributed by atoms with E-state index in [0.717, 1.165) is 18.4 Å². The molecular formula is C37H49N7O8. The van der Waals surface area contributed by atoms with Crippen molar-refractivity contribution in [2.75, 3.05) is 17.2 Å². The number of likely N-dealkylation sites (tertiary alicyclic amines) is 1. The Bertz CT molecular complexity index is 1640. The molecule has 1 saturated heterocycles. The second-order valence-electron chi connectivity index (χ2n) is 13.7. The lowest BCUT2D eigenvalue weighted by molar-refractivity contribution is -0.144. The van der Waals surface area contributed by atoms with Crippen LogP contribution in [0.15, 0.2) is 48.5 Å². The number of primary amides is 1. The summed E-state index contributed by atoms with van der Waals surface area (Å²) >= 11 is 0. The molecule has 5 atom stereocenters. The van der Waals surface area contributed by atoms with Crippen LogP contribution in [0.2, 0.25) is 0 Å². The minimum absolute atomic E-state index is 0.0787. The van der Waals surface area contributed by atoms with E-state index in [1.165, 1.54) is 4.90 Å². The Morgan fingerprint density at radius 3 is 2.17 bits per heavy atom. The molecule has 52 heavy (non-hydrogen) atoms. The van der Waals surface area contributed by atoms with Gasteiger partial charge >= 0.3 is 12.0 Å². The first-order valence-electron chi connectivity index (χ1n) is 17.7. The highest BCUT2D eigenvalue weighted by Gasteiger charge is 2.40. The number of aliphatic carboxylic acids is 1.